The van der Waals surface area contributed by atoms with Gasteiger partial charge in [-0.2, -0.15) is 0 Å². The highest BCUT2D eigenvalue weighted by molar-refractivity contribution is 7.92. The van der Waals surface area contributed by atoms with Crippen LogP contribution in [0.1, 0.15) is 12.5 Å². The van der Waals surface area contributed by atoms with Crippen molar-refractivity contribution in [1.82, 2.24) is 5.32 Å². The lowest BCUT2D eigenvalue weighted by molar-refractivity contribution is -0.120. The van der Waals surface area contributed by atoms with Gasteiger partial charge in [-0.05, 0) is 49.7 Å². The molecule has 3 aromatic carbocycles. The number of hydrogen-bond acceptors (Lipinski definition) is 4. The Hall–Kier alpha value is -3.03. The molecule has 0 bridgehead atoms. The monoisotopic (exact) mass is 472 g/mol. The number of benzene rings is 3. The minimum absolute atomic E-state index is 0.0728. The van der Waals surface area contributed by atoms with Crippen molar-refractivity contribution in [2.24, 2.45) is 0 Å². The van der Waals surface area contributed by atoms with E-state index in [0.717, 1.165) is 15.6 Å². The van der Waals surface area contributed by atoms with Gasteiger partial charge in [0.1, 0.15) is 18.9 Å². The molecule has 3 rings (SSSR count). The average Bonchev–Trinajstić information content (AvgIpc) is 2.78. The molecule has 1 N–H and O–H groups in total. The molecule has 0 spiro atoms. The van der Waals surface area contributed by atoms with Crippen molar-refractivity contribution < 1.29 is 17.9 Å². The number of amides is 1. The van der Waals surface area contributed by atoms with Crippen LogP contribution < -0.4 is 14.4 Å². The number of hydrogen-bond donors (Lipinski definition) is 1. The Labute approximate surface area is 193 Å². The number of sulfonamides is 1. The van der Waals surface area contributed by atoms with Gasteiger partial charge in [0.25, 0.3) is 10.0 Å². The SMILES string of the molecule is Cc1ccccc1OCC(C)NC(=O)CN(c1ccccc1Cl)S(=O)(=O)c1ccccc1. The van der Waals surface area contributed by atoms with Gasteiger partial charge in [-0.25, -0.2) is 8.42 Å². The third kappa shape index (κ3) is 5.81. The molecule has 0 heterocycles. The van der Waals surface area contributed by atoms with Crippen LogP contribution in [-0.4, -0.2) is 33.5 Å². The molecular formula is C24H25ClN2O4S. The van der Waals surface area contributed by atoms with Gasteiger partial charge >= 0.3 is 0 Å². The van der Waals surface area contributed by atoms with E-state index in [1.165, 1.54) is 12.1 Å². The molecule has 0 aliphatic rings. The summed E-state index contributed by atoms with van der Waals surface area (Å²) >= 11 is 6.28. The number of anilines is 1. The first-order valence-corrected chi connectivity index (χ1v) is 11.9. The number of rotatable bonds is 9. The molecule has 1 unspecified atom stereocenters. The second kappa shape index (κ2) is 10.5. The number of carbonyl (C=O) groups excluding carboxylic acids is 1. The minimum Gasteiger partial charge on any atom is -0.491 e. The van der Waals surface area contributed by atoms with Gasteiger partial charge in [0.2, 0.25) is 5.91 Å². The average molecular weight is 473 g/mol. The van der Waals surface area contributed by atoms with Crippen molar-refractivity contribution in [3.8, 4) is 5.75 Å². The summed E-state index contributed by atoms with van der Waals surface area (Å²) in [5.41, 5.74) is 1.22. The van der Waals surface area contributed by atoms with E-state index in [4.69, 9.17) is 16.3 Å². The van der Waals surface area contributed by atoms with E-state index >= 15 is 0 Å². The number of halogens is 1. The maximum Gasteiger partial charge on any atom is 0.264 e. The van der Waals surface area contributed by atoms with Crippen molar-refractivity contribution in [2.75, 3.05) is 17.5 Å². The lowest BCUT2D eigenvalue weighted by atomic mass is 10.2. The molecule has 6 nitrogen and oxygen atoms in total. The molecule has 0 aliphatic heterocycles. The Morgan fingerprint density at radius 1 is 1.00 bits per heavy atom. The summed E-state index contributed by atoms with van der Waals surface area (Å²) < 4.78 is 33.4. The number of nitrogens with one attached hydrogen (secondary N) is 1. The zero-order valence-corrected chi connectivity index (χ0v) is 19.4. The Bertz CT molecular complexity index is 1170. The smallest absolute Gasteiger partial charge is 0.264 e. The predicted molar refractivity (Wildman–Crippen MR) is 127 cm³/mol. The van der Waals surface area contributed by atoms with E-state index in [1.807, 2.05) is 31.2 Å². The molecule has 0 fully saturated rings. The fraction of sp³-hybridized carbons (Fsp3) is 0.208. The maximum absolute atomic E-state index is 13.3. The second-order valence-corrected chi connectivity index (χ2v) is 9.59. The third-order valence-corrected chi connectivity index (χ3v) is 6.82. The van der Waals surface area contributed by atoms with Gasteiger partial charge in [0.05, 0.1) is 21.6 Å². The highest BCUT2D eigenvalue weighted by atomic mass is 35.5. The molecule has 0 saturated carbocycles. The van der Waals surface area contributed by atoms with Crippen molar-refractivity contribution in [2.45, 2.75) is 24.8 Å². The molecule has 0 radical (unpaired) electrons. The first-order valence-electron chi connectivity index (χ1n) is 10.1. The lowest BCUT2D eigenvalue weighted by Gasteiger charge is -2.26. The summed E-state index contributed by atoms with van der Waals surface area (Å²) in [6.07, 6.45) is 0. The molecule has 3 aromatic rings. The van der Waals surface area contributed by atoms with E-state index in [0.29, 0.717) is 0 Å². The fourth-order valence-electron chi connectivity index (χ4n) is 3.10. The highest BCUT2D eigenvalue weighted by Gasteiger charge is 2.28. The van der Waals surface area contributed by atoms with Gasteiger partial charge in [-0.3, -0.25) is 9.10 Å². The number of carbonyl (C=O) groups is 1. The van der Waals surface area contributed by atoms with Crippen LogP contribution in [0.5, 0.6) is 5.75 Å². The van der Waals surface area contributed by atoms with Gasteiger partial charge in [0.15, 0.2) is 0 Å². The van der Waals surface area contributed by atoms with Crippen LogP contribution in [0.4, 0.5) is 5.69 Å². The van der Waals surface area contributed by atoms with Crippen LogP contribution in [0.25, 0.3) is 0 Å². The van der Waals surface area contributed by atoms with Crippen LogP contribution in [0.3, 0.4) is 0 Å². The molecule has 1 atom stereocenters. The van der Waals surface area contributed by atoms with Crippen molar-refractivity contribution in [3.63, 3.8) is 0 Å². The number of aryl methyl sites for hydroxylation is 1. The number of ether oxygens (including phenoxy) is 1. The van der Waals surface area contributed by atoms with Crippen LogP contribution in [0, 0.1) is 6.92 Å². The van der Waals surface area contributed by atoms with Crippen LogP contribution >= 0.6 is 11.6 Å². The topological polar surface area (TPSA) is 75.7 Å². The third-order valence-electron chi connectivity index (χ3n) is 4.73. The van der Waals surface area contributed by atoms with E-state index in [-0.39, 0.29) is 28.3 Å². The molecule has 0 aromatic heterocycles. The van der Waals surface area contributed by atoms with Gasteiger partial charge in [0, 0.05) is 0 Å². The van der Waals surface area contributed by atoms with Gasteiger partial charge in [-0.1, -0.05) is 60.1 Å². The summed E-state index contributed by atoms with van der Waals surface area (Å²) in [7, 11) is -4.01. The number of para-hydroxylation sites is 2. The predicted octanol–water partition coefficient (Wildman–Crippen LogP) is 4.43. The van der Waals surface area contributed by atoms with Crippen molar-refractivity contribution in [3.05, 3.63) is 89.4 Å². The summed E-state index contributed by atoms with van der Waals surface area (Å²) in [5, 5.41) is 3.03. The zero-order chi connectivity index (χ0) is 23.1. The molecule has 8 heteroatoms. The molecule has 0 saturated heterocycles. The van der Waals surface area contributed by atoms with Crippen molar-refractivity contribution in [1.29, 1.82) is 0 Å². The van der Waals surface area contributed by atoms with Gasteiger partial charge in [-0.15, -0.1) is 0 Å². The Balaban J connectivity index is 1.75. The highest BCUT2D eigenvalue weighted by Crippen LogP contribution is 2.30. The van der Waals surface area contributed by atoms with E-state index < -0.39 is 22.5 Å². The Morgan fingerprint density at radius 2 is 1.62 bits per heavy atom. The zero-order valence-electron chi connectivity index (χ0n) is 17.9. The second-order valence-electron chi connectivity index (χ2n) is 7.32. The Kier molecular flexibility index (Phi) is 7.77. The molecule has 32 heavy (non-hydrogen) atoms. The van der Waals surface area contributed by atoms with E-state index in [2.05, 4.69) is 5.32 Å². The summed E-state index contributed by atoms with van der Waals surface area (Å²) in [4.78, 5) is 12.9. The standard InChI is InChI=1S/C24H25ClN2O4S/c1-18-10-6-9-15-23(18)31-17-19(2)26-24(28)16-27(22-14-8-7-13-21(22)25)32(29,30)20-11-4-3-5-12-20/h3-15,19H,16-17H2,1-2H3,(H,26,28). The van der Waals surface area contributed by atoms with Crippen molar-refractivity contribution >= 4 is 33.2 Å². The van der Waals surface area contributed by atoms with Gasteiger partial charge < -0.3 is 10.1 Å². The van der Waals surface area contributed by atoms with E-state index in [1.54, 1.807) is 49.4 Å². The Morgan fingerprint density at radius 3 is 2.31 bits per heavy atom. The quantitative estimate of drug-likeness (QED) is 0.500. The number of nitrogens with zero attached hydrogens (tertiary/aromatic N) is 1. The van der Waals surface area contributed by atoms with E-state index in [9.17, 15) is 13.2 Å². The molecule has 1 amide bonds. The lowest BCUT2D eigenvalue weighted by Crippen LogP contribution is -2.45. The summed E-state index contributed by atoms with van der Waals surface area (Å²) in [5.74, 6) is 0.267. The van der Waals surface area contributed by atoms with Crippen LogP contribution in [0.2, 0.25) is 5.02 Å². The first kappa shape index (κ1) is 23.6. The molecule has 168 valence electrons. The largest absolute Gasteiger partial charge is 0.491 e. The maximum atomic E-state index is 13.3. The summed E-state index contributed by atoms with van der Waals surface area (Å²) in [6, 6.07) is 21.7. The van der Waals surface area contributed by atoms with Crippen LogP contribution in [0.15, 0.2) is 83.8 Å². The van der Waals surface area contributed by atoms with Crippen LogP contribution in [-0.2, 0) is 14.8 Å². The minimum atomic E-state index is -4.01. The molecule has 0 aliphatic carbocycles. The normalized spacial score (nSPS) is 12.1. The molecular weight excluding hydrogens is 448 g/mol. The first-order chi connectivity index (χ1) is 15.3. The summed E-state index contributed by atoms with van der Waals surface area (Å²) in [6.45, 7) is 3.56. The fourth-order valence-corrected chi connectivity index (χ4v) is 4.85.